The van der Waals surface area contributed by atoms with E-state index >= 15 is 0 Å². The van der Waals surface area contributed by atoms with Crippen LogP contribution < -0.4 is 0 Å². The highest BCUT2D eigenvalue weighted by Gasteiger charge is 2.23. The number of rotatable bonds is 2. The fraction of sp³-hybridized carbons (Fsp3) is 1.00. The molecule has 10 heavy (non-hydrogen) atoms. The molecule has 0 unspecified atom stereocenters. The van der Waals surface area contributed by atoms with Gasteiger partial charge in [-0.25, -0.2) is 0 Å². The van der Waals surface area contributed by atoms with E-state index in [1.54, 1.807) is 32.1 Å². The fourth-order valence-electron chi connectivity index (χ4n) is 2.45. The van der Waals surface area contributed by atoms with E-state index in [-0.39, 0.29) is 0 Å². The molecule has 2 aliphatic carbocycles. The van der Waals surface area contributed by atoms with Gasteiger partial charge in [0.05, 0.1) is 0 Å². The van der Waals surface area contributed by atoms with Crippen molar-refractivity contribution in [3.8, 4) is 0 Å². The van der Waals surface area contributed by atoms with E-state index in [1.165, 1.54) is 19.3 Å². The van der Waals surface area contributed by atoms with Crippen molar-refractivity contribution in [2.45, 2.75) is 51.4 Å². The van der Waals surface area contributed by atoms with Gasteiger partial charge < -0.3 is 0 Å². The lowest BCUT2D eigenvalue weighted by Gasteiger charge is -2.27. The first-order valence-electron chi connectivity index (χ1n) is 4.95. The first kappa shape index (κ1) is 6.69. The SMILES string of the molecule is C1CCC(CC2CCC2)C1. The van der Waals surface area contributed by atoms with E-state index in [0.717, 1.165) is 11.8 Å². The Bertz CT molecular complexity index is 96.6. The molecule has 0 nitrogen and oxygen atoms in total. The molecule has 2 saturated carbocycles. The Kier molecular flexibility index (Phi) is 1.97. The van der Waals surface area contributed by atoms with E-state index in [1.807, 2.05) is 0 Å². The molecule has 0 aliphatic heterocycles. The van der Waals surface area contributed by atoms with Crippen LogP contribution in [0.5, 0.6) is 0 Å². The molecule has 0 heterocycles. The van der Waals surface area contributed by atoms with Crippen LogP contribution in [0.25, 0.3) is 0 Å². The first-order valence-corrected chi connectivity index (χ1v) is 4.95. The van der Waals surface area contributed by atoms with E-state index in [0.29, 0.717) is 0 Å². The van der Waals surface area contributed by atoms with Gasteiger partial charge >= 0.3 is 0 Å². The molecular weight excluding hydrogens is 120 g/mol. The summed E-state index contributed by atoms with van der Waals surface area (Å²) in [5, 5.41) is 0. The van der Waals surface area contributed by atoms with Crippen LogP contribution in [-0.2, 0) is 0 Å². The molecule has 0 radical (unpaired) electrons. The van der Waals surface area contributed by atoms with Gasteiger partial charge in [-0.05, 0) is 18.3 Å². The molecule has 0 N–H and O–H groups in total. The standard InChI is InChI=1S/C10H18/c1-2-5-9(4-1)8-10-6-3-7-10/h9-10H,1-8H2. The lowest BCUT2D eigenvalue weighted by atomic mass is 9.78. The predicted molar refractivity (Wildman–Crippen MR) is 43.9 cm³/mol. The van der Waals surface area contributed by atoms with Crippen LogP contribution in [-0.4, -0.2) is 0 Å². The molecular formula is C10H18. The van der Waals surface area contributed by atoms with Gasteiger partial charge in [0, 0.05) is 0 Å². The van der Waals surface area contributed by atoms with Gasteiger partial charge in [0.15, 0.2) is 0 Å². The molecule has 0 bridgehead atoms. The van der Waals surface area contributed by atoms with E-state index in [2.05, 4.69) is 0 Å². The summed E-state index contributed by atoms with van der Waals surface area (Å²) in [4.78, 5) is 0. The summed E-state index contributed by atoms with van der Waals surface area (Å²) in [5.74, 6) is 2.30. The van der Waals surface area contributed by atoms with Crippen molar-refractivity contribution < 1.29 is 0 Å². The molecule has 0 saturated heterocycles. The Morgan fingerprint density at radius 2 is 1.20 bits per heavy atom. The molecule has 0 atom stereocenters. The van der Waals surface area contributed by atoms with Crippen LogP contribution in [0, 0.1) is 11.8 Å². The number of hydrogen-bond acceptors (Lipinski definition) is 0. The minimum Gasteiger partial charge on any atom is -0.0530 e. The van der Waals surface area contributed by atoms with Crippen molar-refractivity contribution in [1.29, 1.82) is 0 Å². The average Bonchev–Trinajstić information content (AvgIpc) is 2.29. The summed E-state index contributed by atoms with van der Waals surface area (Å²) in [6, 6.07) is 0. The van der Waals surface area contributed by atoms with Crippen molar-refractivity contribution in [2.75, 3.05) is 0 Å². The number of hydrogen-bond donors (Lipinski definition) is 0. The minimum atomic E-state index is 1.14. The Hall–Kier alpha value is 0. The summed E-state index contributed by atoms with van der Waals surface area (Å²) >= 11 is 0. The van der Waals surface area contributed by atoms with Crippen LogP contribution in [0.3, 0.4) is 0 Å². The predicted octanol–water partition coefficient (Wildman–Crippen LogP) is 3.37. The van der Waals surface area contributed by atoms with Crippen LogP contribution in [0.2, 0.25) is 0 Å². The zero-order valence-corrected chi connectivity index (χ0v) is 6.81. The molecule has 0 aromatic rings. The third kappa shape index (κ3) is 1.36. The zero-order valence-electron chi connectivity index (χ0n) is 6.81. The molecule has 0 heteroatoms. The van der Waals surface area contributed by atoms with Gasteiger partial charge in [-0.1, -0.05) is 44.9 Å². The van der Waals surface area contributed by atoms with Gasteiger partial charge in [-0.3, -0.25) is 0 Å². The minimum absolute atomic E-state index is 1.14. The zero-order chi connectivity index (χ0) is 6.81. The Morgan fingerprint density at radius 1 is 0.700 bits per heavy atom. The van der Waals surface area contributed by atoms with Crippen LogP contribution >= 0.6 is 0 Å². The molecule has 2 fully saturated rings. The monoisotopic (exact) mass is 138 g/mol. The topological polar surface area (TPSA) is 0 Å². The summed E-state index contributed by atoms with van der Waals surface area (Å²) in [6.07, 6.45) is 12.4. The maximum absolute atomic E-state index is 1.58. The smallest absolute Gasteiger partial charge is 0.0412 e. The summed E-state index contributed by atoms with van der Waals surface area (Å²) in [7, 11) is 0. The van der Waals surface area contributed by atoms with Crippen LogP contribution in [0.15, 0.2) is 0 Å². The molecule has 58 valence electrons. The largest absolute Gasteiger partial charge is 0.0530 e. The third-order valence-corrected chi connectivity index (χ3v) is 3.37. The molecule has 0 aromatic carbocycles. The van der Waals surface area contributed by atoms with E-state index in [9.17, 15) is 0 Å². The average molecular weight is 138 g/mol. The van der Waals surface area contributed by atoms with E-state index < -0.39 is 0 Å². The van der Waals surface area contributed by atoms with Crippen LogP contribution in [0.1, 0.15) is 51.4 Å². The molecule has 0 spiro atoms. The second-order valence-electron chi connectivity index (χ2n) is 4.18. The Morgan fingerprint density at radius 3 is 1.60 bits per heavy atom. The normalized spacial score (nSPS) is 28.8. The van der Waals surface area contributed by atoms with Crippen molar-refractivity contribution in [3.05, 3.63) is 0 Å². The summed E-state index contributed by atoms with van der Waals surface area (Å²) in [5.41, 5.74) is 0. The van der Waals surface area contributed by atoms with Gasteiger partial charge in [0.1, 0.15) is 0 Å². The maximum Gasteiger partial charge on any atom is -0.0412 e. The van der Waals surface area contributed by atoms with Gasteiger partial charge in [0.25, 0.3) is 0 Å². The Labute approximate surface area is 64.0 Å². The van der Waals surface area contributed by atoms with Crippen molar-refractivity contribution in [2.24, 2.45) is 11.8 Å². The maximum atomic E-state index is 1.58. The second-order valence-corrected chi connectivity index (χ2v) is 4.18. The molecule has 0 amide bonds. The van der Waals surface area contributed by atoms with Gasteiger partial charge in [-0.2, -0.15) is 0 Å². The molecule has 2 rings (SSSR count). The lowest BCUT2D eigenvalue weighted by Crippen LogP contribution is -2.14. The van der Waals surface area contributed by atoms with Crippen molar-refractivity contribution in [3.63, 3.8) is 0 Å². The van der Waals surface area contributed by atoms with Crippen molar-refractivity contribution >= 4 is 0 Å². The molecule has 0 aromatic heterocycles. The fourth-order valence-corrected chi connectivity index (χ4v) is 2.45. The van der Waals surface area contributed by atoms with Gasteiger partial charge in [-0.15, -0.1) is 0 Å². The van der Waals surface area contributed by atoms with Crippen LogP contribution in [0.4, 0.5) is 0 Å². The summed E-state index contributed by atoms with van der Waals surface area (Å²) < 4.78 is 0. The highest BCUT2D eigenvalue weighted by atomic mass is 14.3. The lowest BCUT2D eigenvalue weighted by molar-refractivity contribution is 0.251. The summed E-state index contributed by atoms with van der Waals surface area (Å²) in [6.45, 7) is 0. The van der Waals surface area contributed by atoms with Gasteiger partial charge in [0.2, 0.25) is 0 Å². The quantitative estimate of drug-likeness (QED) is 0.549. The first-order chi connectivity index (χ1) is 4.95. The Balaban J connectivity index is 1.68. The highest BCUT2D eigenvalue weighted by molar-refractivity contribution is 4.76. The highest BCUT2D eigenvalue weighted by Crippen LogP contribution is 2.37. The third-order valence-electron chi connectivity index (χ3n) is 3.37. The molecule has 2 aliphatic rings. The van der Waals surface area contributed by atoms with Crippen molar-refractivity contribution in [1.82, 2.24) is 0 Å². The second kappa shape index (κ2) is 2.94. The van der Waals surface area contributed by atoms with E-state index in [4.69, 9.17) is 0 Å².